The summed E-state index contributed by atoms with van der Waals surface area (Å²) in [6.07, 6.45) is 1.31. The minimum atomic E-state index is 0. The van der Waals surface area contributed by atoms with E-state index in [0.717, 1.165) is 37.0 Å². The minimum Gasteiger partial charge on any atom is -0.460 e. The highest BCUT2D eigenvalue weighted by Gasteiger charge is 2.26. The van der Waals surface area contributed by atoms with Crippen LogP contribution in [0.1, 0.15) is 12.2 Å². The van der Waals surface area contributed by atoms with E-state index in [-0.39, 0.29) is 12.4 Å². The Balaban J connectivity index is 0.00000144. The van der Waals surface area contributed by atoms with Crippen molar-refractivity contribution in [2.24, 2.45) is 0 Å². The largest absolute Gasteiger partial charge is 0.460 e. The lowest BCUT2D eigenvalue weighted by atomic mass is 10.2. The second kappa shape index (κ2) is 7.01. The molecule has 0 radical (unpaired) electrons. The number of halogens is 1. The van der Waals surface area contributed by atoms with Crippen LogP contribution < -0.4 is 5.32 Å². The molecule has 1 aromatic heterocycles. The lowest BCUT2D eigenvalue weighted by molar-refractivity contribution is 0.0940. The van der Waals surface area contributed by atoms with Gasteiger partial charge in [-0.25, -0.2) is 0 Å². The maximum Gasteiger partial charge on any atom is 0.134 e. The van der Waals surface area contributed by atoms with Gasteiger partial charge >= 0.3 is 0 Å². The van der Waals surface area contributed by atoms with E-state index in [4.69, 9.17) is 4.42 Å². The molecule has 120 valence electrons. The quantitative estimate of drug-likeness (QED) is 0.940. The molecule has 22 heavy (non-hydrogen) atoms. The fraction of sp³-hybridized carbons (Fsp3) is 0.529. The summed E-state index contributed by atoms with van der Waals surface area (Å²) in [6.45, 7) is 7.96. The molecule has 5 heteroatoms. The maximum absolute atomic E-state index is 5.93. The average Bonchev–Trinajstić information content (AvgIpc) is 3.17. The number of piperazine rings is 1. The molecule has 2 aromatic rings. The number of fused-ring (bicyclic) bond motifs is 1. The van der Waals surface area contributed by atoms with Crippen LogP contribution in [0.25, 0.3) is 11.0 Å². The van der Waals surface area contributed by atoms with E-state index in [9.17, 15) is 0 Å². The summed E-state index contributed by atoms with van der Waals surface area (Å²) >= 11 is 0. The van der Waals surface area contributed by atoms with Gasteiger partial charge in [-0.2, -0.15) is 0 Å². The van der Waals surface area contributed by atoms with Crippen LogP contribution in [-0.2, 0) is 6.54 Å². The summed E-state index contributed by atoms with van der Waals surface area (Å²) in [5.41, 5.74) is 1.00. The van der Waals surface area contributed by atoms with Gasteiger partial charge in [0.05, 0.1) is 6.54 Å². The van der Waals surface area contributed by atoms with Gasteiger partial charge < -0.3 is 9.73 Å². The Morgan fingerprint density at radius 2 is 1.95 bits per heavy atom. The molecule has 2 saturated heterocycles. The Bertz CT molecular complexity index is 568. The van der Waals surface area contributed by atoms with Crippen LogP contribution in [0, 0.1) is 0 Å². The third-order valence-corrected chi connectivity index (χ3v) is 4.81. The Kier molecular flexibility index (Phi) is 5.03. The first kappa shape index (κ1) is 15.8. The number of nitrogens with one attached hydrogen (secondary N) is 1. The first-order chi connectivity index (χ1) is 10.4. The third kappa shape index (κ3) is 3.30. The number of hydrogen-bond acceptors (Lipinski definition) is 4. The smallest absolute Gasteiger partial charge is 0.134 e. The molecule has 0 aliphatic carbocycles. The molecule has 4 nitrogen and oxygen atoms in total. The lowest BCUT2D eigenvalue weighted by Gasteiger charge is -2.37. The van der Waals surface area contributed by atoms with E-state index in [1.54, 1.807) is 0 Å². The zero-order valence-electron chi connectivity index (χ0n) is 12.8. The fourth-order valence-corrected chi connectivity index (χ4v) is 3.57. The minimum absolute atomic E-state index is 0. The van der Waals surface area contributed by atoms with Crippen molar-refractivity contribution in [1.29, 1.82) is 0 Å². The van der Waals surface area contributed by atoms with Gasteiger partial charge in [0, 0.05) is 44.2 Å². The summed E-state index contributed by atoms with van der Waals surface area (Å²) in [5.74, 6) is 1.09. The molecule has 1 N–H and O–H groups in total. The van der Waals surface area contributed by atoms with E-state index in [2.05, 4.69) is 33.3 Å². The predicted molar refractivity (Wildman–Crippen MR) is 91.6 cm³/mol. The standard InChI is InChI=1S/C17H23N3O.ClH/c1-2-4-17-14(3-1)11-16(21-17)13-19-7-9-20(10-8-19)15-5-6-18-12-15;/h1-4,11,15,18H,5-10,12-13H2;1H. The van der Waals surface area contributed by atoms with Crippen LogP contribution in [0.15, 0.2) is 34.7 Å². The normalized spacial score (nSPS) is 23.7. The van der Waals surface area contributed by atoms with Crippen LogP contribution in [0.3, 0.4) is 0 Å². The Morgan fingerprint density at radius 1 is 1.14 bits per heavy atom. The predicted octanol–water partition coefficient (Wildman–Crippen LogP) is 2.33. The number of nitrogens with zero attached hydrogens (tertiary/aromatic N) is 2. The molecular formula is C17H24ClN3O. The molecule has 0 amide bonds. The number of furan rings is 1. The summed E-state index contributed by atoms with van der Waals surface area (Å²) in [7, 11) is 0. The van der Waals surface area contributed by atoms with Crippen molar-refractivity contribution in [2.45, 2.75) is 19.0 Å². The van der Waals surface area contributed by atoms with Crippen LogP contribution in [0.4, 0.5) is 0 Å². The van der Waals surface area contributed by atoms with Crippen molar-refractivity contribution in [2.75, 3.05) is 39.3 Å². The summed E-state index contributed by atoms with van der Waals surface area (Å²) in [4.78, 5) is 5.16. The van der Waals surface area contributed by atoms with Crippen molar-refractivity contribution >= 4 is 23.4 Å². The topological polar surface area (TPSA) is 31.7 Å². The first-order valence-electron chi connectivity index (χ1n) is 8.03. The number of hydrogen-bond donors (Lipinski definition) is 1. The fourth-order valence-electron chi connectivity index (χ4n) is 3.57. The molecule has 0 bridgehead atoms. The molecule has 3 heterocycles. The highest BCUT2D eigenvalue weighted by molar-refractivity contribution is 5.85. The summed E-state index contributed by atoms with van der Waals surface area (Å²) in [6, 6.07) is 11.2. The first-order valence-corrected chi connectivity index (χ1v) is 8.03. The van der Waals surface area contributed by atoms with Crippen LogP contribution in [-0.4, -0.2) is 55.1 Å². The van der Waals surface area contributed by atoms with Gasteiger partial charge in [-0.15, -0.1) is 12.4 Å². The molecule has 1 aromatic carbocycles. The van der Waals surface area contributed by atoms with Crippen LogP contribution >= 0.6 is 12.4 Å². The Labute approximate surface area is 137 Å². The van der Waals surface area contributed by atoms with Gasteiger partial charge in [0.15, 0.2) is 0 Å². The number of benzene rings is 1. The van der Waals surface area contributed by atoms with Gasteiger partial charge in [0.25, 0.3) is 0 Å². The second-order valence-electron chi connectivity index (χ2n) is 6.21. The highest BCUT2D eigenvalue weighted by atomic mass is 35.5. The van der Waals surface area contributed by atoms with Crippen molar-refractivity contribution in [1.82, 2.24) is 15.1 Å². The van der Waals surface area contributed by atoms with E-state index >= 15 is 0 Å². The molecule has 4 rings (SSSR count). The lowest BCUT2D eigenvalue weighted by Crippen LogP contribution is -2.50. The molecule has 2 aliphatic rings. The van der Waals surface area contributed by atoms with Crippen LogP contribution in [0.5, 0.6) is 0 Å². The van der Waals surface area contributed by atoms with Gasteiger partial charge in [-0.05, 0) is 25.1 Å². The molecule has 0 spiro atoms. The Hall–Kier alpha value is -1.07. The number of para-hydroxylation sites is 1. The average molecular weight is 322 g/mol. The second-order valence-corrected chi connectivity index (χ2v) is 6.21. The van der Waals surface area contributed by atoms with Gasteiger partial charge in [0.1, 0.15) is 11.3 Å². The van der Waals surface area contributed by atoms with Crippen molar-refractivity contribution in [3.8, 4) is 0 Å². The SMILES string of the molecule is Cl.c1ccc2oc(CN3CCN(C4CCNC4)CC3)cc2c1. The van der Waals surface area contributed by atoms with Gasteiger partial charge in [-0.3, -0.25) is 9.80 Å². The number of rotatable bonds is 3. The molecule has 1 atom stereocenters. The van der Waals surface area contributed by atoms with E-state index in [0.29, 0.717) is 0 Å². The maximum atomic E-state index is 5.93. The zero-order valence-corrected chi connectivity index (χ0v) is 13.6. The van der Waals surface area contributed by atoms with Crippen molar-refractivity contribution < 1.29 is 4.42 Å². The molecular weight excluding hydrogens is 298 g/mol. The molecule has 0 saturated carbocycles. The molecule has 1 unspecified atom stereocenters. The zero-order chi connectivity index (χ0) is 14.1. The highest BCUT2D eigenvalue weighted by Crippen LogP contribution is 2.21. The van der Waals surface area contributed by atoms with E-state index in [1.807, 2.05) is 12.1 Å². The van der Waals surface area contributed by atoms with Crippen molar-refractivity contribution in [3.63, 3.8) is 0 Å². The van der Waals surface area contributed by atoms with E-state index < -0.39 is 0 Å². The van der Waals surface area contributed by atoms with Gasteiger partial charge in [-0.1, -0.05) is 18.2 Å². The molecule has 2 fully saturated rings. The Morgan fingerprint density at radius 3 is 2.68 bits per heavy atom. The van der Waals surface area contributed by atoms with E-state index in [1.165, 1.54) is 38.0 Å². The third-order valence-electron chi connectivity index (χ3n) is 4.81. The molecule has 2 aliphatic heterocycles. The van der Waals surface area contributed by atoms with Crippen molar-refractivity contribution in [3.05, 3.63) is 36.1 Å². The van der Waals surface area contributed by atoms with Gasteiger partial charge in [0.2, 0.25) is 0 Å². The summed E-state index contributed by atoms with van der Waals surface area (Å²) in [5, 5.41) is 4.68. The monoisotopic (exact) mass is 321 g/mol. The summed E-state index contributed by atoms with van der Waals surface area (Å²) < 4.78 is 5.93. The van der Waals surface area contributed by atoms with Crippen LogP contribution in [0.2, 0.25) is 0 Å².